The summed E-state index contributed by atoms with van der Waals surface area (Å²) < 4.78 is 37.0. The largest absolute Gasteiger partial charge is 0.405 e. The van der Waals surface area contributed by atoms with Crippen LogP contribution >= 0.6 is 34.9 Å². The Balaban J connectivity index is 1.44. The molecule has 0 saturated carbocycles. The van der Waals surface area contributed by atoms with Crippen molar-refractivity contribution in [1.29, 1.82) is 0 Å². The lowest BCUT2D eigenvalue weighted by molar-refractivity contribution is -0.115. The summed E-state index contributed by atoms with van der Waals surface area (Å²) in [4.78, 5) is 14.6. The van der Waals surface area contributed by atoms with E-state index < -0.39 is 12.7 Å². The van der Waals surface area contributed by atoms with Crippen molar-refractivity contribution in [2.24, 2.45) is 0 Å². The fourth-order valence-corrected chi connectivity index (χ4v) is 5.13. The lowest BCUT2D eigenvalue weighted by Gasteiger charge is -2.26. The third-order valence-electron chi connectivity index (χ3n) is 3.89. The van der Waals surface area contributed by atoms with Crippen LogP contribution in [0.4, 0.5) is 24.0 Å². The molecule has 0 radical (unpaired) electrons. The van der Waals surface area contributed by atoms with E-state index in [0.717, 1.165) is 65.5 Å². The number of anilines is 2. The standard InChI is InChI=1S/C17H20F3N5OS3/c18-17(19,20)11-21-15-23-24-16(29-15)28-10-14(26)22-13-3-1-2-12(8-13)9-25-4-6-27-7-5-25/h1-3,8H,4-7,9-11H2,(H,21,23)(H,22,26). The number of nitrogens with zero attached hydrogens (tertiary/aromatic N) is 3. The van der Waals surface area contributed by atoms with E-state index in [1.54, 1.807) is 0 Å². The van der Waals surface area contributed by atoms with E-state index in [1.165, 1.54) is 0 Å². The van der Waals surface area contributed by atoms with E-state index >= 15 is 0 Å². The Bertz CT molecular complexity index is 812. The molecule has 0 atom stereocenters. The summed E-state index contributed by atoms with van der Waals surface area (Å²) in [6.07, 6.45) is -4.32. The molecule has 1 aliphatic heterocycles. The van der Waals surface area contributed by atoms with Crippen LogP contribution in [0.15, 0.2) is 28.6 Å². The average molecular weight is 464 g/mol. The lowest BCUT2D eigenvalue weighted by Crippen LogP contribution is -2.31. The highest BCUT2D eigenvalue weighted by Gasteiger charge is 2.27. The topological polar surface area (TPSA) is 70.1 Å². The number of hydrogen-bond donors (Lipinski definition) is 2. The van der Waals surface area contributed by atoms with E-state index in [2.05, 4.69) is 25.7 Å². The molecule has 1 aromatic carbocycles. The van der Waals surface area contributed by atoms with Crippen LogP contribution in [-0.4, -0.2) is 64.1 Å². The van der Waals surface area contributed by atoms with Crippen molar-refractivity contribution >= 4 is 51.6 Å². The van der Waals surface area contributed by atoms with Crippen molar-refractivity contribution in [2.75, 3.05) is 47.5 Å². The number of halogens is 3. The van der Waals surface area contributed by atoms with E-state index in [-0.39, 0.29) is 16.8 Å². The molecule has 158 valence electrons. The minimum Gasteiger partial charge on any atom is -0.351 e. The van der Waals surface area contributed by atoms with E-state index in [0.29, 0.717) is 4.34 Å². The molecule has 6 nitrogen and oxygen atoms in total. The first kappa shape index (κ1) is 22.2. The van der Waals surface area contributed by atoms with E-state index in [4.69, 9.17) is 0 Å². The van der Waals surface area contributed by atoms with Crippen molar-refractivity contribution in [3.8, 4) is 0 Å². The van der Waals surface area contributed by atoms with Crippen molar-refractivity contribution in [3.05, 3.63) is 29.8 Å². The summed E-state index contributed by atoms with van der Waals surface area (Å²) in [7, 11) is 0. The van der Waals surface area contributed by atoms with Gasteiger partial charge < -0.3 is 10.6 Å². The van der Waals surface area contributed by atoms with Crippen LogP contribution in [0.1, 0.15) is 5.56 Å². The number of nitrogens with one attached hydrogen (secondary N) is 2. The number of rotatable bonds is 8. The molecule has 0 unspecified atom stereocenters. The molecule has 0 spiro atoms. The van der Waals surface area contributed by atoms with Gasteiger partial charge in [-0.15, -0.1) is 10.2 Å². The minimum atomic E-state index is -4.32. The van der Waals surface area contributed by atoms with E-state index in [9.17, 15) is 18.0 Å². The van der Waals surface area contributed by atoms with Gasteiger partial charge in [0.25, 0.3) is 0 Å². The van der Waals surface area contributed by atoms with Crippen molar-refractivity contribution in [3.63, 3.8) is 0 Å². The van der Waals surface area contributed by atoms with Crippen LogP contribution in [0.3, 0.4) is 0 Å². The molecule has 1 aliphatic rings. The third-order valence-corrected chi connectivity index (χ3v) is 6.85. The Morgan fingerprint density at radius 1 is 1.24 bits per heavy atom. The molecule has 1 aromatic heterocycles. The van der Waals surface area contributed by atoms with Crippen molar-refractivity contribution < 1.29 is 18.0 Å². The van der Waals surface area contributed by atoms with Gasteiger partial charge in [0.05, 0.1) is 5.75 Å². The van der Waals surface area contributed by atoms with Gasteiger partial charge in [-0.3, -0.25) is 9.69 Å². The van der Waals surface area contributed by atoms with E-state index in [1.807, 2.05) is 36.0 Å². The number of carbonyl (C=O) groups excluding carboxylic acids is 1. The summed E-state index contributed by atoms with van der Waals surface area (Å²) in [5, 5.41) is 12.5. The van der Waals surface area contributed by atoms with Gasteiger partial charge in [0, 0.05) is 36.8 Å². The summed E-state index contributed by atoms with van der Waals surface area (Å²) in [6.45, 7) is 1.83. The Labute approximate surface area is 179 Å². The van der Waals surface area contributed by atoms with Gasteiger partial charge in [-0.2, -0.15) is 24.9 Å². The van der Waals surface area contributed by atoms with Gasteiger partial charge in [0.15, 0.2) is 4.34 Å². The number of thioether (sulfide) groups is 2. The predicted molar refractivity (Wildman–Crippen MR) is 113 cm³/mol. The maximum Gasteiger partial charge on any atom is 0.405 e. The molecule has 2 N–H and O–H groups in total. The number of amides is 1. The second-order valence-corrected chi connectivity index (χ2v) is 9.69. The first-order valence-electron chi connectivity index (χ1n) is 8.83. The summed E-state index contributed by atoms with van der Waals surface area (Å²) >= 11 is 4.09. The normalized spacial score (nSPS) is 15.3. The molecule has 12 heteroatoms. The van der Waals surface area contributed by atoms with Crippen LogP contribution < -0.4 is 10.6 Å². The Hall–Kier alpha value is -1.50. The van der Waals surface area contributed by atoms with Crippen LogP contribution in [0.2, 0.25) is 0 Å². The Morgan fingerprint density at radius 2 is 2.03 bits per heavy atom. The zero-order valence-electron chi connectivity index (χ0n) is 15.4. The summed E-state index contributed by atoms with van der Waals surface area (Å²) in [5.74, 6) is 2.18. The number of aromatic nitrogens is 2. The molecule has 2 aromatic rings. The summed E-state index contributed by atoms with van der Waals surface area (Å²) in [6, 6.07) is 7.76. The van der Waals surface area contributed by atoms with Crippen LogP contribution in [0, 0.1) is 0 Å². The van der Waals surface area contributed by atoms with Crippen LogP contribution in [-0.2, 0) is 11.3 Å². The molecule has 0 bridgehead atoms. The molecule has 1 saturated heterocycles. The first-order chi connectivity index (χ1) is 13.9. The fraction of sp³-hybridized carbons (Fsp3) is 0.471. The number of hydrogen-bond acceptors (Lipinski definition) is 8. The lowest BCUT2D eigenvalue weighted by atomic mass is 10.2. The van der Waals surface area contributed by atoms with Gasteiger partial charge in [0.2, 0.25) is 11.0 Å². The maximum absolute atomic E-state index is 12.2. The van der Waals surface area contributed by atoms with Gasteiger partial charge in [-0.25, -0.2) is 0 Å². The number of carbonyl (C=O) groups is 1. The SMILES string of the molecule is O=C(CSc1nnc(NCC(F)(F)F)s1)Nc1cccc(CN2CCSCC2)c1. The highest BCUT2D eigenvalue weighted by molar-refractivity contribution is 8.01. The van der Waals surface area contributed by atoms with Crippen LogP contribution in [0.25, 0.3) is 0 Å². The molecular formula is C17H20F3N5OS3. The molecular weight excluding hydrogens is 443 g/mol. The Morgan fingerprint density at radius 3 is 2.79 bits per heavy atom. The van der Waals surface area contributed by atoms with Gasteiger partial charge in [-0.1, -0.05) is 35.2 Å². The Kier molecular flexibility index (Phi) is 8.04. The van der Waals surface area contributed by atoms with Crippen molar-refractivity contribution in [1.82, 2.24) is 15.1 Å². The smallest absolute Gasteiger partial charge is 0.351 e. The summed E-state index contributed by atoms with van der Waals surface area (Å²) in [5.41, 5.74) is 1.87. The van der Waals surface area contributed by atoms with Gasteiger partial charge >= 0.3 is 6.18 Å². The minimum absolute atomic E-state index is 0.0778. The molecule has 3 rings (SSSR count). The predicted octanol–water partition coefficient (Wildman–Crippen LogP) is 3.79. The second kappa shape index (κ2) is 10.5. The molecule has 2 heterocycles. The highest BCUT2D eigenvalue weighted by atomic mass is 32.2. The fourth-order valence-electron chi connectivity index (χ4n) is 2.60. The highest BCUT2D eigenvalue weighted by Crippen LogP contribution is 2.26. The maximum atomic E-state index is 12.2. The van der Waals surface area contributed by atoms with Gasteiger partial charge in [-0.05, 0) is 17.7 Å². The molecule has 29 heavy (non-hydrogen) atoms. The average Bonchev–Trinajstić information content (AvgIpc) is 3.13. The molecule has 1 amide bonds. The monoisotopic (exact) mass is 463 g/mol. The number of alkyl halides is 3. The third kappa shape index (κ3) is 8.03. The second-order valence-electron chi connectivity index (χ2n) is 6.27. The zero-order valence-corrected chi connectivity index (χ0v) is 17.8. The first-order valence-corrected chi connectivity index (χ1v) is 11.8. The molecule has 0 aliphatic carbocycles. The molecule has 1 fully saturated rings. The van der Waals surface area contributed by atoms with Gasteiger partial charge in [0.1, 0.15) is 6.54 Å². The zero-order chi connectivity index (χ0) is 20.7. The van der Waals surface area contributed by atoms with Crippen molar-refractivity contribution in [2.45, 2.75) is 17.1 Å². The van der Waals surface area contributed by atoms with Crippen LogP contribution in [0.5, 0.6) is 0 Å². The quantitative estimate of drug-likeness (QED) is 0.577. The number of benzene rings is 1.